The molecule has 1 aromatic rings. The Hall–Kier alpha value is -2.08. The van der Waals surface area contributed by atoms with Gasteiger partial charge in [0.1, 0.15) is 6.61 Å². The smallest absolute Gasteiger partial charge is 0.250 e. The van der Waals surface area contributed by atoms with Crippen LogP contribution < -0.4 is 16.0 Å². The third-order valence-corrected chi connectivity index (χ3v) is 3.34. The minimum atomic E-state index is -0.438. The molecule has 0 aliphatic carbocycles. The van der Waals surface area contributed by atoms with Gasteiger partial charge in [-0.05, 0) is 18.6 Å². The van der Waals surface area contributed by atoms with Crippen LogP contribution in [0.2, 0.25) is 0 Å². The molecule has 1 aliphatic rings. The van der Waals surface area contributed by atoms with E-state index in [1.165, 1.54) is 7.11 Å². The highest BCUT2D eigenvalue weighted by Gasteiger charge is 2.26. The number of benzene rings is 1. The molecule has 20 heavy (non-hydrogen) atoms. The zero-order valence-electron chi connectivity index (χ0n) is 11.5. The van der Waals surface area contributed by atoms with Crippen molar-refractivity contribution in [2.45, 2.75) is 12.5 Å². The first kappa shape index (κ1) is 14.3. The number of anilines is 1. The number of ether oxygens (including phenoxy) is 1. The minimum Gasteiger partial charge on any atom is -0.375 e. The Labute approximate surface area is 117 Å². The lowest BCUT2D eigenvalue weighted by Crippen LogP contribution is -2.39. The van der Waals surface area contributed by atoms with Crippen molar-refractivity contribution in [3.8, 4) is 0 Å². The van der Waals surface area contributed by atoms with Gasteiger partial charge >= 0.3 is 0 Å². The van der Waals surface area contributed by atoms with Gasteiger partial charge in [0, 0.05) is 31.9 Å². The molecule has 0 saturated carbocycles. The molecule has 1 unspecified atom stereocenters. The Morgan fingerprint density at radius 2 is 2.20 bits per heavy atom. The van der Waals surface area contributed by atoms with Crippen molar-refractivity contribution in [3.63, 3.8) is 0 Å². The van der Waals surface area contributed by atoms with Gasteiger partial charge in [0.05, 0.1) is 5.56 Å². The molecule has 0 spiro atoms. The third-order valence-electron chi connectivity index (χ3n) is 3.34. The maximum absolute atomic E-state index is 11.5. The van der Waals surface area contributed by atoms with Crippen molar-refractivity contribution in [2.75, 3.05) is 31.7 Å². The van der Waals surface area contributed by atoms with Crippen molar-refractivity contribution in [1.29, 1.82) is 0 Å². The largest absolute Gasteiger partial charge is 0.375 e. The molecule has 3 N–H and O–H groups in total. The van der Waals surface area contributed by atoms with Gasteiger partial charge < -0.3 is 20.7 Å². The van der Waals surface area contributed by atoms with Gasteiger partial charge in [0.25, 0.3) is 5.91 Å². The lowest BCUT2D eigenvalue weighted by Gasteiger charge is -2.21. The van der Waals surface area contributed by atoms with Crippen LogP contribution in [0.1, 0.15) is 16.8 Å². The van der Waals surface area contributed by atoms with Gasteiger partial charge in [-0.15, -0.1) is 0 Å². The molecule has 2 amide bonds. The summed E-state index contributed by atoms with van der Waals surface area (Å²) in [6.07, 6.45) is 0.836. The number of primary amides is 1. The summed E-state index contributed by atoms with van der Waals surface area (Å²) in [6.45, 7) is 1.51. The van der Waals surface area contributed by atoms with Crippen LogP contribution in [0.25, 0.3) is 0 Å². The van der Waals surface area contributed by atoms with Crippen molar-refractivity contribution in [2.24, 2.45) is 5.73 Å². The first-order valence-corrected chi connectivity index (χ1v) is 6.54. The maximum atomic E-state index is 11.5. The Bertz CT molecular complexity index is 504. The quantitative estimate of drug-likeness (QED) is 0.801. The number of nitrogens with zero attached hydrogens (tertiary/aromatic N) is 1. The summed E-state index contributed by atoms with van der Waals surface area (Å²) in [5.74, 6) is -0.560. The van der Waals surface area contributed by atoms with Gasteiger partial charge in [-0.2, -0.15) is 0 Å². The van der Waals surface area contributed by atoms with Crippen molar-refractivity contribution >= 4 is 17.5 Å². The molecule has 0 radical (unpaired) electrons. The van der Waals surface area contributed by atoms with E-state index in [4.69, 9.17) is 10.5 Å². The van der Waals surface area contributed by atoms with Crippen molar-refractivity contribution in [1.82, 2.24) is 5.32 Å². The molecule has 1 fully saturated rings. The summed E-state index contributed by atoms with van der Waals surface area (Å²) in [5.41, 5.74) is 6.72. The van der Waals surface area contributed by atoms with E-state index in [9.17, 15) is 9.59 Å². The highest BCUT2D eigenvalue weighted by Crippen LogP contribution is 2.24. The summed E-state index contributed by atoms with van der Waals surface area (Å²) in [4.78, 5) is 25.0. The molecule has 6 heteroatoms. The molecule has 1 aromatic carbocycles. The van der Waals surface area contributed by atoms with Crippen LogP contribution in [-0.4, -0.2) is 44.7 Å². The molecule has 0 bridgehead atoms. The summed E-state index contributed by atoms with van der Waals surface area (Å²) in [6, 6.07) is 7.32. The number of nitrogens with one attached hydrogen (secondary N) is 1. The van der Waals surface area contributed by atoms with E-state index in [1.54, 1.807) is 12.1 Å². The van der Waals surface area contributed by atoms with E-state index < -0.39 is 5.91 Å². The number of para-hydroxylation sites is 1. The number of amides is 2. The predicted octanol–water partition coefficient (Wildman–Crippen LogP) is 0.127. The number of hydrogen-bond acceptors (Lipinski definition) is 4. The van der Waals surface area contributed by atoms with E-state index in [2.05, 4.69) is 10.2 Å². The molecular weight excluding hydrogens is 258 g/mol. The lowest BCUT2D eigenvalue weighted by atomic mass is 10.1. The van der Waals surface area contributed by atoms with E-state index >= 15 is 0 Å². The van der Waals surface area contributed by atoms with Crippen LogP contribution in [0.4, 0.5) is 5.69 Å². The number of hydrogen-bond donors (Lipinski definition) is 2. The third kappa shape index (κ3) is 3.27. The predicted molar refractivity (Wildman–Crippen MR) is 75.6 cm³/mol. The monoisotopic (exact) mass is 277 g/mol. The van der Waals surface area contributed by atoms with Crippen LogP contribution in [0.15, 0.2) is 24.3 Å². The fraction of sp³-hybridized carbons (Fsp3) is 0.429. The van der Waals surface area contributed by atoms with Gasteiger partial charge in [-0.1, -0.05) is 12.1 Å². The fourth-order valence-corrected chi connectivity index (χ4v) is 2.46. The van der Waals surface area contributed by atoms with Crippen molar-refractivity contribution in [3.05, 3.63) is 29.8 Å². The highest BCUT2D eigenvalue weighted by atomic mass is 16.5. The summed E-state index contributed by atoms with van der Waals surface area (Å²) >= 11 is 0. The molecular formula is C14H19N3O3. The second kappa shape index (κ2) is 6.38. The highest BCUT2D eigenvalue weighted by molar-refractivity contribution is 5.98. The average molecular weight is 277 g/mol. The minimum absolute atomic E-state index is 0.0639. The normalized spacial score (nSPS) is 18.1. The van der Waals surface area contributed by atoms with E-state index in [0.717, 1.165) is 18.7 Å². The van der Waals surface area contributed by atoms with Crippen LogP contribution in [0.3, 0.4) is 0 Å². The van der Waals surface area contributed by atoms with Crippen LogP contribution in [-0.2, 0) is 9.53 Å². The molecule has 1 atom stereocenters. The second-order valence-corrected chi connectivity index (χ2v) is 4.81. The Morgan fingerprint density at radius 1 is 1.45 bits per heavy atom. The Balaban J connectivity index is 2.03. The molecule has 1 aliphatic heterocycles. The van der Waals surface area contributed by atoms with E-state index in [1.807, 2.05) is 12.1 Å². The first-order valence-electron chi connectivity index (χ1n) is 6.54. The van der Waals surface area contributed by atoms with Crippen molar-refractivity contribution < 1.29 is 14.3 Å². The van der Waals surface area contributed by atoms with Crippen LogP contribution in [0.5, 0.6) is 0 Å². The summed E-state index contributed by atoms with van der Waals surface area (Å²) < 4.78 is 4.79. The van der Waals surface area contributed by atoms with Gasteiger partial charge in [0.15, 0.2) is 0 Å². The second-order valence-electron chi connectivity index (χ2n) is 4.81. The van der Waals surface area contributed by atoms with Gasteiger partial charge in [-0.25, -0.2) is 0 Å². The zero-order valence-corrected chi connectivity index (χ0v) is 11.5. The van der Waals surface area contributed by atoms with Crippen LogP contribution >= 0.6 is 0 Å². The molecule has 6 nitrogen and oxygen atoms in total. The fourth-order valence-electron chi connectivity index (χ4n) is 2.46. The molecule has 2 rings (SSSR count). The number of nitrogens with two attached hydrogens (primary N) is 1. The van der Waals surface area contributed by atoms with Crippen LogP contribution in [0, 0.1) is 0 Å². The zero-order chi connectivity index (χ0) is 14.5. The number of methoxy groups -OCH3 is 1. The Kier molecular flexibility index (Phi) is 4.57. The molecule has 1 heterocycles. The SMILES string of the molecule is COCC(=O)NC1CCN(c2ccccc2C(N)=O)C1. The average Bonchev–Trinajstić information content (AvgIpc) is 2.87. The summed E-state index contributed by atoms with van der Waals surface area (Å²) in [7, 11) is 1.49. The maximum Gasteiger partial charge on any atom is 0.250 e. The first-order chi connectivity index (χ1) is 9.61. The number of carbonyl (C=O) groups excluding carboxylic acids is 2. The van der Waals surface area contributed by atoms with Gasteiger partial charge in [0.2, 0.25) is 5.91 Å². The number of rotatable bonds is 5. The molecule has 1 saturated heterocycles. The number of carbonyl (C=O) groups is 2. The standard InChI is InChI=1S/C14H19N3O3/c1-20-9-13(18)16-10-6-7-17(8-10)12-5-3-2-4-11(12)14(15)19/h2-5,10H,6-9H2,1H3,(H2,15,19)(H,16,18). The molecule has 108 valence electrons. The Morgan fingerprint density at radius 3 is 2.90 bits per heavy atom. The van der Waals surface area contributed by atoms with Gasteiger partial charge in [-0.3, -0.25) is 9.59 Å². The lowest BCUT2D eigenvalue weighted by molar-refractivity contribution is -0.125. The van der Waals surface area contributed by atoms with E-state index in [0.29, 0.717) is 12.1 Å². The summed E-state index contributed by atoms with van der Waals surface area (Å²) in [5, 5.41) is 2.91. The molecule has 0 aromatic heterocycles. The van der Waals surface area contributed by atoms with E-state index in [-0.39, 0.29) is 18.6 Å². The topological polar surface area (TPSA) is 84.7 Å².